The molecule has 0 unspecified atom stereocenters. The van der Waals surface area contributed by atoms with Gasteiger partial charge in [-0.1, -0.05) is 0 Å². The Morgan fingerprint density at radius 2 is 1.84 bits per heavy atom. The van der Waals surface area contributed by atoms with Gasteiger partial charge in [-0.3, -0.25) is 0 Å². The third kappa shape index (κ3) is 2.65. The van der Waals surface area contributed by atoms with Gasteiger partial charge >= 0.3 is 5.97 Å². The molecule has 0 spiro atoms. The average molecular weight is 266 g/mol. The molecule has 0 saturated heterocycles. The van der Waals surface area contributed by atoms with Crippen LogP contribution in [0.4, 0.5) is 8.78 Å². The first-order chi connectivity index (χ1) is 8.99. The van der Waals surface area contributed by atoms with Crippen molar-refractivity contribution in [3.8, 4) is 17.1 Å². The molecular weight excluding hydrogens is 258 g/mol. The number of carboxylic acid groups (broad SMARTS) is 1. The number of aromatic nitrogens is 2. The summed E-state index contributed by atoms with van der Waals surface area (Å²) >= 11 is 0. The van der Waals surface area contributed by atoms with Crippen molar-refractivity contribution in [2.75, 3.05) is 0 Å². The monoisotopic (exact) mass is 266 g/mol. The zero-order valence-corrected chi connectivity index (χ0v) is 9.42. The lowest BCUT2D eigenvalue weighted by Gasteiger charge is -2.06. The molecule has 19 heavy (non-hydrogen) atoms. The molecule has 2 rings (SSSR count). The summed E-state index contributed by atoms with van der Waals surface area (Å²) in [6.45, 7) is 0. The van der Waals surface area contributed by atoms with E-state index < -0.39 is 23.7 Å². The van der Waals surface area contributed by atoms with E-state index in [1.807, 2.05) is 0 Å². The van der Waals surface area contributed by atoms with Crippen LogP contribution in [0.15, 0.2) is 30.5 Å². The molecule has 0 amide bonds. The van der Waals surface area contributed by atoms with Gasteiger partial charge in [-0.25, -0.2) is 23.5 Å². The quantitative estimate of drug-likeness (QED) is 0.891. The second-order valence-corrected chi connectivity index (χ2v) is 3.65. The molecule has 1 heterocycles. The van der Waals surface area contributed by atoms with E-state index in [9.17, 15) is 13.6 Å². The maximum absolute atomic E-state index is 12.8. The fourth-order valence-electron chi connectivity index (χ4n) is 1.48. The van der Waals surface area contributed by atoms with Gasteiger partial charge in [0, 0.05) is 11.8 Å². The largest absolute Gasteiger partial charge is 0.508 e. The highest BCUT2D eigenvalue weighted by molar-refractivity contribution is 5.88. The SMILES string of the molecule is O=C(O)c1cnc(-c2ccc(O)cc2)nc1C(F)F. The molecule has 7 heteroatoms. The Morgan fingerprint density at radius 1 is 1.21 bits per heavy atom. The number of alkyl halides is 2. The van der Waals surface area contributed by atoms with Gasteiger partial charge in [-0.2, -0.15) is 0 Å². The predicted octanol–water partition coefficient (Wildman–Crippen LogP) is 2.49. The number of carboxylic acids is 1. The van der Waals surface area contributed by atoms with Crippen molar-refractivity contribution in [1.29, 1.82) is 0 Å². The first-order valence-electron chi connectivity index (χ1n) is 5.17. The van der Waals surface area contributed by atoms with Gasteiger partial charge in [0.25, 0.3) is 6.43 Å². The number of carbonyl (C=O) groups is 1. The normalized spacial score (nSPS) is 10.7. The van der Waals surface area contributed by atoms with Gasteiger partial charge in [0.1, 0.15) is 17.0 Å². The van der Waals surface area contributed by atoms with Crippen molar-refractivity contribution in [3.63, 3.8) is 0 Å². The second kappa shape index (κ2) is 4.97. The molecule has 2 aromatic rings. The van der Waals surface area contributed by atoms with E-state index in [1.54, 1.807) is 0 Å². The topological polar surface area (TPSA) is 83.3 Å². The number of nitrogens with zero attached hydrogens (tertiary/aromatic N) is 2. The van der Waals surface area contributed by atoms with Crippen LogP contribution in [0, 0.1) is 0 Å². The van der Waals surface area contributed by atoms with Crippen LogP contribution in [-0.2, 0) is 0 Å². The van der Waals surface area contributed by atoms with Crippen molar-refractivity contribution in [1.82, 2.24) is 9.97 Å². The van der Waals surface area contributed by atoms with E-state index >= 15 is 0 Å². The summed E-state index contributed by atoms with van der Waals surface area (Å²) in [5.74, 6) is -1.52. The number of rotatable bonds is 3. The Morgan fingerprint density at radius 3 is 2.37 bits per heavy atom. The van der Waals surface area contributed by atoms with Crippen molar-refractivity contribution < 1.29 is 23.8 Å². The number of hydrogen-bond acceptors (Lipinski definition) is 4. The Kier molecular flexibility index (Phi) is 3.37. The van der Waals surface area contributed by atoms with Crippen LogP contribution in [0.5, 0.6) is 5.75 Å². The third-order valence-corrected chi connectivity index (χ3v) is 2.38. The molecular formula is C12H8F2N2O3. The number of aromatic carboxylic acids is 1. The Labute approximate surface area is 106 Å². The Hall–Kier alpha value is -2.57. The lowest BCUT2D eigenvalue weighted by Crippen LogP contribution is -2.07. The van der Waals surface area contributed by atoms with Crippen molar-refractivity contribution in [2.24, 2.45) is 0 Å². The maximum Gasteiger partial charge on any atom is 0.339 e. The van der Waals surface area contributed by atoms with E-state index in [1.165, 1.54) is 24.3 Å². The predicted molar refractivity (Wildman–Crippen MR) is 61.0 cm³/mol. The molecule has 1 aromatic carbocycles. The summed E-state index contributed by atoms with van der Waals surface area (Å²) in [4.78, 5) is 18.1. The smallest absolute Gasteiger partial charge is 0.339 e. The number of hydrogen-bond donors (Lipinski definition) is 2. The maximum atomic E-state index is 12.8. The van der Waals surface area contributed by atoms with Crippen LogP contribution in [0.25, 0.3) is 11.4 Å². The summed E-state index contributed by atoms with van der Waals surface area (Å²) in [5.41, 5.74) is -1.06. The average Bonchev–Trinajstić information content (AvgIpc) is 2.38. The molecule has 0 radical (unpaired) electrons. The highest BCUT2D eigenvalue weighted by atomic mass is 19.3. The molecule has 98 valence electrons. The highest BCUT2D eigenvalue weighted by Gasteiger charge is 2.21. The molecule has 0 aliphatic rings. The third-order valence-electron chi connectivity index (χ3n) is 2.38. The fraction of sp³-hybridized carbons (Fsp3) is 0.0833. The number of aromatic hydroxyl groups is 1. The Balaban J connectivity index is 2.52. The molecule has 0 bridgehead atoms. The van der Waals surface area contributed by atoms with E-state index in [0.717, 1.165) is 6.20 Å². The lowest BCUT2D eigenvalue weighted by atomic mass is 10.2. The number of benzene rings is 1. The van der Waals surface area contributed by atoms with E-state index in [4.69, 9.17) is 10.2 Å². The lowest BCUT2D eigenvalue weighted by molar-refractivity contribution is 0.0681. The minimum atomic E-state index is -3.01. The number of halogens is 2. The van der Waals surface area contributed by atoms with Crippen LogP contribution >= 0.6 is 0 Å². The molecule has 0 saturated carbocycles. The summed E-state index contributed by atoms with van der Waals surface area (Å²) in [6, 6.07) is 5.60. The fourth-order valence-corrected chi connectivity index (χ4v) is 1.48. The standard InChI is InChI=1S/C12H8F2N2O3/c13-10(14)9-8(12(18)19)5-15-11(16-9)6-1-3-7(17)4-2-6/h1-5,10,17H,(H,18,19). The van der Waals surface area contributed by atoms with Gasteiger partial charge in [0.05, 0.1) is 0 Å². The van der Waals surface area contributed by atoms with Gasteiger partial charge in [-0.05, 0) is 24.3 Å². The molecule has 2 N–H and O–H groups in total. The van der Waals surface area contributed by atoms with Gasteiger partial charge in [0.2, 0.25) is 0 Å². The minimum absolute atomic E-state index is 0.0139. The first-order valence-corrected chi connectivity index (χ1v) is 5.17. The molecule has 0 atom stereocenters. The van der Waals surface area contributed by atoms with Crippen molar-refractivity contribution >= 4 is 5.97 Å². The molecule has 5 nitrogen and oxygen atoms in total. The van der Waals surface area contributed by atoms with Crippen LogP contribution in [0.3, 0.4) is 0 Å². The van der Waals surface area contributed by atoms with Gasteiger partial charge < -0.3 is 10.2 Å². The highest BCUT2D eigenvalue weighted by Crippen LogP contribution is 2.24. The zero-order valence-electron chi connectivity index (χ0n) is 9.42. The van der Waals surface area contributed by atoms with E-state index in [-0.39, 0.29) is 11.6 Å². The summed E-state index contributed by atoms with van der Waals surface area (Å²) in [7, 11) is 0. The van der Waals surface area contributed by atoms with Crippen LogP contribution in [0.1, 0.15) is 22.5 Å². The summed E-state index contributed by atoms with van der Waals surface area (Å²) in [6.07, 6.45) is -2.16. The van der Waals surface area contributed by atoms with E-state index in [2.05, 4.69) is 9.97 Å². The molecule has 0 aliphatic carbocycles. The van der Waals surface area contributed by atoms with Crippen molar-refractivity contribution in [2.45, 2.75) is 6.43 Å². The van der Waals surface area contributed by atoms with Gasteiger partial charge in [-0.15, -0.1) is 0 Å². The number of phenols is 1. The summed E-state index contributed by atoms with van der Waals surface area (Å²) < 4.78 is 25.5. The molecule has 0 aliphatic heterocycles. The minimum Gasteiger partial charge on any atom is -0.508 e. The number of phenolic OH excluding ortho intramolecular Hbond substituents is 1. The zero-order chi connectivity index (χ0) is 14.0. The first kappa shape index (κ1) is 12.9. The van der Waals surface area contributed by atoms with Gasteiger partial charge in [0.15, 0.2) is 5.82 Å². The van der Waals surface area contributed by atoms with E-state index in [0.29, 0.717) is 5.56 Å². The summed E-state index contributed by atoms with van der Waals surface area (Å²) in [5, 5.41) is 17.9. The second-order valence-electron chi connectivity index (χ2n) is 3.65. The Bertz CT molecular complexity index is 615. The van der Waals surface area contributed by atoms with Crippen LogP contribution in [-0.4, -0.2) is 26.2 Å². The van der Waals surface area contributed by atoms with Crippen molar-refractivity contribution in [3.05, 3.63) is 41.7 Å². The van der Waals surface area contributed by atoms with Crippen LogP contribution < -0.4 is 0 Å². The molecule has 0 fully saturated rings. The van der Waals surface area contributed by atoms with Crippen LogP contribution in [0.2, 0.25) is 0 Å². The molecule has 1 aromatic heterocycles.